The number of oxazole rings is 1. The van der Waals surface area contributed by atoms with Gasteiger partial charge in [0.2, 0.25) is 5.89 Å². The van der Waals surface area contributed by atoms with Gasteiger partial charge in [0.1, 0.15) is 23.8 Å². The predicted octanol–water partition coefficient (Wildman–Crippen LogP) is 5.48. The van der Waals surface area contributed by atoms with E-state index in [1.807, 2.05) is 45.0 Å². The number of nitrogens with zero attached hydrogens (tertiary/aromatic N) is 2. The van der Waals surface area contributed by atoms with E-state index in [1.165, 1.54) is 0 Å². The van der Waals surface area contributed by atoms with Crippen LogP contribution in [0.2, 0.25) is 0 Å². The summed E-state index contributed by atoms with van der Waals surface area (Å²) in [6.07, 6.45) is 0. The minimum Gasteiger partial charge on any atom is -0.487 e. The van der Waals surface area contributed by atoms with E-state index in [0.29, 0.717) is 38.8 Å². The van der Waals surface area contributed by atoms with E-state index >= 15 is 0 Å². The molecule has 38 heavy (non-hydrogen) atoms. The fraction of sp³-hybridized carbons (Fsp3) is 0.214. The maximum Gasteiger partial charge on any atom is 0.333 e. The van der Waals surface area contributed by atoms with E-state index in [2.05, 4.69) is 9.71 Å². The highest BCUT2D eigenvalue weighted by Crippen LogP contribution is 2.24. The quantitative estimate of drug-likeness (QED) is 0.268. The zero-order valence-corrected chi connectivity index (χ0v) is 22.4. The second kappa shape index (κ2) is 11.5. The van der Waals surface area contributed by atoms with Gasteiger partial charge in [0.25, 0.3) is 0 Å². The summed E-state index contributed by atoms with van der Waals surface area (Å²) in [5.41, 5.74) is 4.65. The van der Waals surface area contributed by atoms with Gasteiger partial charge < -0.3 is 14.0 Å². The van der Waals surface area contributed by atoms with Gasteiger partial charge in [-0.05, 0) is 67.2 Å². The number of aryl methyl sites for hydroxylation is 3. The van der Waals surface area contributed by atoms with Gasteiger partial charge in [-0.3, -0.25) is 9.52 Å². The lowest BCUT2D eigenvalue weighted by atomic mass is 10.1. The van der Waals surface area contributed by atoms with Crippen molar-refractivity contribution in [2.45, 2.75) is 40.8 Å². The van der Waals surface area contributed by atoms with Crippen molar-refractivity contribution in [3.63, 3.8) is 0 Å². The van der Waals surface area contributed by atoms with Gasteiger partial charge in [0, 0.05) is 18.2 Å². The monoisotopic (exact) mass is 535 g/mol. The molecule has 1 heterocycles. The van der Waals surface area contributed by atoms with Crippen LogP contribution in [0, 0.1) is 20.8 Å². The zero-order chi connectivity index (χ0) is 27.3. The fourth-order valence-electron chi connectivity index (χ4n) is 3.50. The Labute approximate surface area is 222 Å². The lowest BCUT2D eigenvalue weighted by molar-refractivity contribution is -0.167. The van der Waals surface area contributed by atoms with Crippen LogP contribution in [0.5, 0.6) is 5.75 Å². The van der Waals surface area contributed by atoms with Gasteiger partial charge in [0.15, 0.2) is 0 Å². The molecule has 0 bridgehead atoms. The number of carbonyl (C=O) groups excluding carboxylic acids is 1. The van der Waals surface area contributed by atoms with Crippen LogP contribution < -0.4 is 9.46 Å². The van der Waals surface area contributed by atoms with Crippen LogP contribution in [0.15, 0.2) is 77.2 Å². The number of anilines is 1. The first-order valence-electron chi connectivity index (χ1n) is 11.9. The highest BCUT2D eigenvalue weighted by atomic mass is 32.2. The van der Waals surface area contributed by atoms with E-state index in [9.17, 15) is 13.2 Å². The van der Waals surface area contributed by atoms with Crippen molar-refractivity contribution in [2.24, 2.45) is 0 Å². The Morgan fingerprint density at radius 1 is 0.921 bits per heavy atom. The molecule has 0 radical (unpaired) electrons. The zero-order valence-electron chi connectivity index (χ0n) is 21.6. The molecule has 0 aliphatic rings. The average Bonchev–Trinajstić information content (AvgIpc) is 3.25. The molecule has 4 aromatic rings. The molecular weight excluding hydrogens is 506 g/mol. The van der Waals surface area contributed by atoms with Crippen molar-refractivity contribution in [1.29, 1.82) is 0 Å². The standard InChI is InChI=1S/C28H29N3O6S/c1-19-5-11-24(12-6-19)28-29-27(21(3)36-28)18-35-26-15-9-23(10-16-26)17-31(37-22(4)32)38(33,34)30-25-13-7-20(2)8-14-25/h5-16,30H,17-18H2,1-4H3. The van der Waals surface area contributed by atoms with E-state index in [4.69, 9.17) is 14.0 Å². The first-order valence-corrected chi connectivity index (χ1v) is 13.3. The SMILES string of the molecule is CC(=O)ON(Cc1ccc(OCc2nc(-c3ccc(C)cc3)oc2C)cc1)S(=O)(=O)Nc1ccc(C)cc1. The molecule has 0 fully saturated rings. The topological polar surface area (TPSA) is 111 Å². The molecule has 0 aliphatic carbocycles. The van der Waals surface area contributed by atoms with Crippen LogP contribution in [0.1, 0.15) is 35.1 Å². The Bertz CT molecular complexity index is 1500. The lowest BCUT2D eigenvalue weighted by Crippen LogP contribution is -2.36. The summed E-state index contributed by atoms with van der Waals surface area (Å²) in [7, 11) is -4.18. The maximum atomic E-state index is 12.9. The van der Waals surface area contributed by atoms with Gasteiger partial charge in [-0.1, -0.05) is 47.5 Å². The van der Waals surface area contributed by atoms with Gasteiger partial charge >= 0.3 is 16.2 Å². The van der Waals surface area contributed by atoms with E-state index in [-0.39, 0.29) is 13.2 Å². The van der Waals surface area contributed by atoms with Crippen molar-refractivity contribution in [3.05, 3.63) is 101 Å². The molecule has 3 aromatic carbocycles. The largest absolute Gasteiger partial charge is 0.487 e. The van der Waals surface area contributed by atoms with E-state index < -0.39 is 16.2 Å². The lowest BCUT2D eigenvalue weighted by Gasteiger charge is -2.21. The van der Waals surface area contributed by atoms with Crippen LogP contribution in [-0.2, 0) is 33.0 Å². The highest BCUT2D eigenvalue weighted by molar-refractivity contribution is 7.90. The molecule has 1 aromatic heterocycles. The molecule has 4 rings (SSSR count). The number of aromatic nitrogens is 1. The summed E-state index contributed by atoms with van der Waals surface area (Å²) in [6, 6.07) is 21.5. The van der Waals surface area contributed by atoms with Gasteiger partial charge in [-0.2, -0.15) is 8.42 Å². The second-order valence-electron chi connectivity index (χ2n) is 8.84. The van der Waals surface area contributed by atoms with E-state index in [1.54, 1.807) is 48.5 Å². The Hall–Kier alpha value is -4.15. The van der Waals surface area contributed by atoms with Crippen molar-refractivity contribution < 1.29 is 27.2 Å². The first-order chi connectivity index (χ1) is 18.1. The summed E-state index contributed by atoms with van der Waals surface area (Å²) in [4.78, 5) is 21.2. The average molecular weight is 536 g/mol. The van der Waals surface area contributed by atoms with Crippen LogP contribution >= 0.6 is 0 Å². The number of nitrogens with one attached hydrogen (secondary N) is 1. The third kappa shape index (κ3) is 6.99. The number of benzene rings is 3. The summed E-state index contributed by atoms with van der Waals surface area (Å²) < 4.78 is 40.5. The fourth-order valence-corrected chi connectivity index (χ4v) is 4.56. The molecule has 10 heteroatoms. The summed E-state index contributed by atoms with van der Waals surface area (Å²) >= 11 is 0. The van der Waals surface area contributed by atoms with Crippen molar-refractivity contribution in [1.82, 2.24) is 9.45 Å². The number of hydrogen-bond donors (Lipinski definition) is 1. The summed E-state index contributed by atoms with van der Waals surface area (Å²) in [6.45, 7) is 6.90. The molecule has 0 spiro atoms. The van der Waals surface area contributed by atoms with Crippen LogP contribution in [0.4, 0.5) is 5.69 Å². The van der Waals surface area contributed by atoms with Gasteiger partial charge in [-0.25, -0.2) is 4.98 Å². The normalized spacial score (nSPS) is 11.4. The van der Waals surface area contributed by atoms with Crippen LogP contribution in [0.3, 0.4) is 0 Å². The van der Waals surface area contributed by atoms with Gasteiger partial charge in [-0.15, -0.1) is 0 Å². The number of hydrogen-bond acceptors (Lipinski definition) is 7. The van der Waals surface area contributed by atoms with Crippen LogP contribution in [0.25, 0.3) is 11.5 Å². The Kier molecular flexibility index (Phi) is 8.13. The molecule has 1 N–H and O–H groups in total. The van der Waals surface area contributed by atoms with Crippen molar-refractivity contribution in [3.8, 4) is 17.2 Å². The smallest absolute Gasteiger partial charge is 0.333 e. The Balaban J connectivity index is 1.41. The minimum absolute atomic E-state index is 0.191. The van der Waals surface area contributed by atoms with Gasteiger partial charge in [0.05, 0.1) is 6.54 Å². The first kappa shape index (κ1) is 26.9. The molecule has 0 aliphatic heterocycles. The molecule has 0 amide bonds. The third-order valence-corrected chi connectivity index (χ3v) is 6.83. The number of ether oxygens (including phenoxy) is 1. The molecule has 9 nitrogen and oxygen atoms in total. The molecular formula is C28H29N3O6S. The maximum absolute atomic E-state index is 12.9. The Morgan fingerprint density at radius 3 is 2.13 bits per heavy atom. The highest BCUT2D eigenvalue weighted by Gasteiger charge is 2.26. The predicted molar refractivity (Wildman–Crippen MR) is 143 cm³/mol. The number of hydroxylamine groups is 1. The summed E-state index contributed by atoms with van der Waals surface area (Å²) in [5, 5.41) is 0. The molecule has 0 atom stereocenters. The number of carbonyl (C=O) groups is 1. The van der Waals surface area contributed by atoms with Crippen molar-refractivity contribution >= 4 is 21.9 Å². The minimum atomic E-state index is -4.18. The van der Waals surface area contributed by atoms with Crippen LogP contribution in [-0.4, -0.2) is 23.8 Å². The third-order valence-electron chi connectivity index (χ3n) is 5.60. The molecule has 0 saturated heterocycles. The van der Waals surface area contributed by atoms with E-state index in [0.717, 1.165) is 23.6 Å². The molecule has 198 valence electrons. The number of rotatable bonds is 10. The second-order valence-corrected chi connectivity index (χ2v) is 10.4. The summed E-state index contributed by atoms with van der Waals surface area (Å²) in [5.74, 6) is 1.00. The van der Waals surface area contributed by atoms with Crippen molar-refractivity contribution in [2.75, 3.05) is 4.72 Å². The molecule has 0 unspecified atom stereocenters. The Morgan fingerprint density at radius 2 is 1.53 bits per heavy atom. The molecule has 0 saturated carbocycles.